The van der Waals surface area contributed by atoms with Gasteiger partial charge in [0.25, 0.3) is 0 Å². The van der Waals surface area contributed by atoms with Crippen LogP contribution in [0.25, 0.3) is 5.69 Å². The van der Waals surface area contributed by atoms with Crippen LogP contribution in [0.15, 0.2) is 18.5 Å². The zero-order chi connectivity index (χ0) is 13.3. The predicted molar refractivity (Wildman–Crippen MR) is 72.9 cm³/mol. The Hall–Kier alpha value is -1.68. The van der Waals surface area contributed by atoms with Crippen LogP contribution in [0.1, 0.15) is 29.4 Å². The highest BCUT2D eigenvalue weighted by Crippen LogP contribution is 2.17. The van der Waals surface area contributed by atoms with Crippen molar-refractivity contribution >= 4 is 0 Å². The molecule has 2 heterocycles. The predicted octanol–water partition coefficient (Wildman–Crippen LogP) is 2.08. The molecule has 0 fully saturated rings. The first kappa shape index (κ1) is 12.8. The van der Waals surface area contributed by atoms with Gasteiger partial charge in [-0.05, 0) is 51.3 Å². The molecule has 0 aromatic carbocycles. The lowest BCUT2D eigenvalue weighted by molar-refractivity contribution is 0.732. The van der Waals surface area contributed by atoms with E-state index in [2.05, 4.69) is 30.0 Å². The topological polar surface area (TPSA) is 56.7 Å². The molecule has 0 aliphatic carbocycles. The van der Waals surface area contributed by atoms with E-state index in [1.165, 1.54) is 5.56 Å². The molecule has 2 aromatic rings. The molecule has 4 nitrogen and oxygen atoms in total. The van der Waals surface area contributed by atoms with Crippen molar-refractivity contribution in [3.63, 3.8) is 0 Å². The standard InChI is InChI=1S/C14H20N4/c1-9(15)5-13-6-14(8-16-7-13)18-12(4)10(2)11(3)17-18/h6-9H,5,15H2,1-4H3. The third kappa shape index (κ3) is 2.43. The molecule has 4 heteroatoms. The van der Waals surface area contributed by atoms with Gasteiger partial charge in [-0.2, -0.15) is 5.10 Å². The first-order valence-electron chi connectivity index (χ1n) is 6.21. The third-order valence-corrected chi connectivity index (χ3v) is 3.24. The van der Waals surface area contributed by atoms with Crippen LogP contribution in [0.2, 0.25) is 0 Å². The second kappa shape index (κ2) is 4.90. The van der Waals surface area contributed by atoms with Crippen LogP contribution in [0.4, 0.5) is 0 Å². The van der Waals surface area contributed by atoms with Gasteiger partial charge in [0.2, 0.25) is 0 Å². The van der Waals surface area contributed by atoms with E-state index < -0.39 is 0 Å². The van der Waals surface area contributed by atoms with E-state index in [9.17, 15) is 0 Å². The summed E-state index contributed by atoms with van der Waals surface area (Å²) in [6.07, 6.45) is 4.54. The zero-order valence-corrected chi connectivity index (χ0v) is 11.4. The minimum Gasteiger partial charge on any atom is -0.328 e. The van der Waals surface area contributed by atoms with Gasteiger partial charge in [0.05, 0.1) is 17.6 Å². The molecule has 0 saturated carbocycles. The monoisotopic (exact) mass is 244 g/mol. The summed E-state index contributed by atoms with van der Waals surface area (Å²) in [6, 6.07) is 2.25. The van der Waals surface area contributed by atoms with Gasteiger partial charge in [-0.15, -0.1) is 0 Å². The van der Waals surface area contributed by atoms with Crippen LogP contribution >= 0.6 is 0 Å². The maximum atomic E-state index is 5.82. The van der Waals surface area contributed by atoms with Crippen LogP contribution < -0.4 is 5.73 Å². The Balaban J connectivity index is 2.41. The molecule has 0 bridgehead atoms. The van der Waals surface area contributed by atoms with Crippen molar-refractivity contribution in [1.82, 2.24) is 14.8 Å². The minimum atomic E-state index is 0.143. The molecular formula is C14H20N4. The van der Waals surface area contributed by atoms with Gasteiger partial charge in [-0.25, -0.2) is 4.68 Å². The van der Waals surface area contributed by atoms with E-state index in [-0.39, 0.29) is 6.04 Å². The van der Waals surface area contributed by atoms with Gasteiger partial charge < -0.3 is 5.73 Å². The quantitative estimate of drug-likeness (QED) is 0.899. The SMILES string of the molecule is Cc1nn(-c2cncc(CC(C)N)c2)c(C)c1C. The number of hydrogen-bond acceptors (Lipinski definition) is 3. The van der Waals surface area contributed by atoms with Gasteiger partial charge in [-0.3, -0.25) is 4.98 Å². The summed E-state index contributed by atoms with van der Waals surface area (Å²) in [5, 5.41) is 4.55. The van der Waals surface area contributed by atoms with E-state index in [0.717, 1.165) is 29.1 Å². The van der Waals surface area contributed by atoms with Crippen molar-refractivity contribution in [2.45, 2.75) is 40.2 Å². The van der Waals surface area contributed by atoms with Gasteiger partial charge in [-0.1, -0.05) is 0 Å². The smallest absolute Gasteiger partial charge is 0.0834 e. The average molecular weight is 244 g/mol. The Bertz CT molecular complexity index is 555. The highest BCUT2D eigenvalue weighted by molar-refractivity contribution is 5.36. The Labute approximate surface area is 108 Å². The number of rotatable bonds is 3. The second-order valence-corrected chi connectivity index (χ2v) is 4.94. The van der Waals surface area contributed by atoms with Gasteiger partial charge in [0, 0.05) is 17.9 Å². The first-order valence-corrected chi connectivity index (χ1v) is 6.21. The Morgan fingerprint density at radius 1 is 1.28 bits per heavy atom. The molecule has 0 radical (unpaired) electrons. The Morgan fingerprint density at radius 3 is 2.56 bits per heavy atom. The normalized spacial score (nSPS) is 12.7. The van der Waals surface area contributed by atoms with E-state index in [4.69, 9.17) is 5.73 Å². The number of aromatic nitrogens is 3. The fourth-order valence-electron chi connectivity index (χ4n) is 2.05. The zero-order valence-electron chi connectivity index (χ0n) is 11.4. The van der Waals surface area contributed by atoms with Crippen molar-refractivity contribution < 1.29 is 0 Å². The highest BCUT2D eigenvalue weighted by Gasteiger charge is 2.09. The van der Waals surface area contributed by atoms with E-state index in [1.54, 1.807) is 0 Å². The van der Waals surface area contributed by atoms with E-state index in [0.29, 0.717) is 0 Å². The lowest BCUT2D eigenvalue weighted by atomic mass is 10.1. The van der Waals surface area contributed by atoms with E-state index >= 15 is 0 Å². The van der Waals surface area contributed by atoms with E-state index in [1.807, 2.05) is 30.9 Å². The lowest BCUT2D eigenvalue weighted by Gasteiger charge is -2.08. The fourth-order valence-corrected chi connectivity index (χ4v) is 2.05. The molecule has 1 unspecified atom stereocenters. The number of aryl methyl sites for hydroxylation is 1. The summed E-state index contributed by atoms with van der Waals surface area (Å²) in [5.74, 6) is 0. The third-order valence-electron chi connectivity index (χ3n) is 3.24. The number of pyridine rings is 1. The van der Waals surface area contributed by atoms with Crippen molar-refractivity contribution in [3.05, 3.63) is 41.0 Å². The molecule has 0 amide bonds. The van der Waals surface area contributed by atoms with Gasteiger partial charge in [0.15, 0.2) is 0 Å². The summed E-state index contributed by atoms with van der Waals surface area (Å²) < 4.78 is 1.95. The molecule has 2 N–H and O–H groups in total. The van der Waals surface area contributed by atoms with Gasteiger partial charge in [0.1, 0.15) is 0 Å². The van der Waals surface area contributed by atoms with Crippen LogP contribution in [0.3, 0.4) is 0 Å². The molecule has 0 aliphatic heterocycles. The van der Waals surface area contributed by atoms with Crippen molar-refractivity contribution in [3.8, 4) is 5.69 Å². The number of nitrogens with zero attached hydrogens (tertiary/aromatic N) is 3. The molecule has 0 saturated heterocycles. The summed E-state index contributed by atoms with van der Waals surface area (Å²) in [5.41, 5.74) is 11.4. The lowest BCUT2D eigenvalue weighted by Crippen LogP contribution is -2.18. The van der Waals surface area contributed by atoms with Crippen molar-refractivity contribution in [2.24, 2.45) is 5.73 Å². The summed E-state index contributed by atoms with van der Waals surface area (Å²) >= 11 is 0. The molecule has 2 rings (SSSR count). The maximum absolute atomic E-state index is 5.82. The maximum Gasteiger partial charge on any atom is 0.0834 e. The fraction of sp³-hybridized carbons (Fsp3) is 0.429. The molecule has 1 atom stereocenters. The largest absolute Gasteiger partial charge is 0.328 e. The molecule has 2 aromatic heterocycles. The molecular weight excluding hydrogens is 224 g/mol. The number of hydrogen-bond donors (Lipinski definition) is 1. The van der Waals surface area contributed by atoms with Crippen LogP contribution in [0.5, 0.6) is 0 Å². The summed E-state index contributed by atoms with van der Waals surface area (Å²) in [6.45, 7) is 8.19. The van der Waals surface area contributed by atoms with Crippen molar-refractivity contribution in [2.75, 3.05) is 0 Å². The highest BCUT2D eigenvalue weighted by atomic mass is 15.3. The van der Waals surface area contributed by atoms with Crippen LogP contribution in [-0.2, 0) is 6.42 Å². The van der Waals surface area contributed by atoms with Crippen molar-refractivity contribution in [1.29, 1.82) is 0 Å². The summed E-state index contributed by atoms with van der Waals surface area (Å²) in [7, 11) is 0. The first-order chi connectivity index (χ1) is 8.49. The molecule has 0 aliphatic rings. The number of nitrogens with two attached hydrogens (primary N) is 1. The van der Waals surface area contributed by atoms with Gasteiger partial charge >= 0.3 is 0 Å². The molecule has 0 spiro atoms. The average Bonchev–Trinajstić information content (AvgIpc) is 2.56. The van der Waals surface area contributed by atoms with Crippen LogP contribution in [-0.4, -0.2) is 20.8 Å². The molecule has 96 valence electrons. The second-order valence-electron chi connectivity index (χ2n) is 4.94. The minimum absolute atomic E-state index is 0.143. The summed E-state index contributed by atoms with van der Waals surface area (Å²) in [4.78, 5) is 4.28. The van der Waals surface area contributed by atoms with Crippen LogP contribution in [0, 0.1) is 20.8 Å². The molecule has 18 heavy (non-hydrogen) atoms. The Morgan fingerprint density at radius 2 is 2.00 bits per heavy atom. The Kier molecular flexibility index (Phi) is 3.48.